The van der Waals surface area contributed by atoms with Crippen LogP contribution >= 0.6 is 34.8 Å². The number of nitrogens with two attached hydrogens (primary N) is 1. The van der Waals surface area contributed by atoms with Crippen molar-refractivity contribution in [2.75, 3.05) is 6.54 Å². The molecule has 4 heteroatoms. The maximum absolute atomic E-state index is 6.19. The number of halogens is 3. The molecule has 0 aromatic heterocycles. The van der Waals surface area contributed by atoms with Crippen molar-refractivity contribution >= 4 is 34.8 Å². The van der Waals surface area contributed by atoms with Crippen LogP contribution in [0.5, 0.6) is 0 Å². The third-order valence-corrected chi connectivity index (χ3v) is 3.96. The van der Waals surface area contributed by atoms with Gasteiger partial charge in [0, 0.05) is 21.0 Å². The van der Waals surface area contributed by atoms with Gasteiger partial charge >= 0.3 is 0 Å². The highest BCUT2D eigenvalue weighted by Crippen LogP contribution is 2.27. The Morgan fingerprint density at radius 2 is 1.53 bits per heavy atom. The fourth-order valence-electron chi connectivity index (χ4n) is 2.04. The maximum Gasteiger partial charge on any atom is 0.0439 e. The Balaban J connectivity index is 2.23. The van der Waals surface area contributed by atoms with Gasteiger partial charge in [-0.05, 0) is 54.4 Å². The summed E-state index contributed by atoms with van der Waals surface area (Å²) in [5.74, 6) is 0.202. The van der Waals surface area contributed by atoms with Crippen LogP contribution in [-0.2, 0) is 6.42 Å². The van der Waals surface area contributed by atoms with Gasteiger partial charge in [-0.3, -0.25) is 0 Å². The normalized spacial score (nSPS) is 12.4. The Labute approximate surface area is 128 Å². The molecule has 100 valence electrons. The van der Waals surface area contributed by atoms with Gasteiger partial charge in [-0.1, -0.05) is 46.9 Å². The molecular formula is C15H14Cl3N. The summed E-state index contributed by atoms with van der Waals surface area (Å²) < 4.78 is 0. The standard InChI is InChI=1S/C15H14Cl3N/c16-13-3-1-10(2-4-13)12(9-19)7-11-8-14(17)5-6-15(11)18/h1-6,8,12H,7,9,19H2. The molecule has 2 aromatic rings. The van der Waals surface area contributed by atoms with Gasteiger partial charge in [0.15, 0.2) is 0 Å². The van der Waals surface area contributed by atoms with Crippen LogP contribution in [0.15, 0.2) is 42.5 Å². The molecule has 0 saturated carbocycles. The predicted molar refractivity (Wildman–Crippen MR) is 83.4 cm³/mol. The molecule has 0 aliphatic heterocycles. The molecule has 0 saturated heterocycles. The van der Waals surface area contributed by atoms with Crippen molar-refractivity contribution in [2.24, 2.45) is 5.73 Å². The summed E-state index contributed by atoms with van der Waals surface area (Å²) >= 11 is 18.1. The van der Waals surface area contributed by atoms with Crippen LogP contribution < -0.4 is 5.73 Å². The molecule has 2 rings (SSSR count). The minimum absolute atomic E-state index is 0.202. The summed E-state index contributed by atoms with van der Waals surface area (Å²) in [6.07, 6.45) is 0.761. The van der Waals surface area contributed by atoms with Gasteiger partial charge in [0.25, 0.3) is 0 Å². The molecule has 0 fully saturated rings. The topological polar surface area (TPSA) is 26.0 Å². The smallest absolute Gasteiger partial charge is 0.0439 e. The molecule has 1 atom stereocenters. The highest BCUT2D eigenvalue weighted by molar-refractivity contribution is 6.33. The molecule has 0 spiro atoms. The molecule has 0 aliphatic carbocycles. The quantitative estimate of drug-likeness (QED) is 0.850. The summed E-state index contributed by atoms with van der Waals surface area (Å²) in [6, 6.07) is 13.2. The highest BCUT2D eigenvalue weighted by Gasteiger charge is 2.13. The molecule has 0 amide bonds. The van der Waals surface area contributed by atoms with Crippen molar-refractivity contribution in [3.8, 4) is 0 Å². The minimum atomic E-state index is 0.202. The number of hydrogen-bond donors (Lipinski definition) is 1. The summed E-state index contributed by atoms with van der Waals surface area (Å²) in [5, 5.41) is 2.13. The lowest BCUT2D eigenvalue weighted by molar-refractivity contribution is 0.694. The van der Waals surface area contributed by atoms with Crippen LogP contribution in [-0.4, -0.2) is 6.54 Å². The van der Waals surface area contributed by atoms with Crippen molar-refractivity contribution in [2.45, 2.75) is 12.3 Å². The van der Waals surface area contributed by atoms with E-state index in [1.54, 1.807) is 6.07 Å². The first-order valence-electron chi connectivity index (χ1n) is 5.99. The summed E-state index contributed by atoms with van der Waals surface area (Å²) in [7, 11) is 0. The number of hydrogen-bond acceptors (Lipinski definition) is 1. The Morgan fingerprint density at radius 3 is 2.16 bits per heavy atom. The summed E-state index contributed by atoms with van der Waals surface area (Å²) in [4.78, 5) is 0. The predicted octanol–water partition coefficient (Wildman–Crippen LogP) is 4.93. The van der Waals surface area contributed by atoms with Gasteiger partial charge in [-0.25, -0.2) is 0 Å². The zero-order chi connectivity index (χ0) is 13.8. The van der Waals surface area contributed by atoms with E-state index < -0.39 is 0 Å². The van der Waals surface area contributed by atoms with Crippen LogP contribution in [0.1, 0.15) is 17.0 Å². The maximum atomic E-state index is 6.19. The van der Waals surface area contributed by atoms with Gasteiger partial charge in [0.2, 0.25) is 0 Å². The van der Waals surface area contributed by atoms with Gasteiger partial charge in [0.05, 0.1) is 0 Å². The Morgan fingerprint density at radius 1 is 0.895 bits per heavy atom. The van der Waals surface area contributed by atoms with E-state index in [0.29, 0.717) is 11.6 Å². The van der Waals surface area contributed by atoms with Gasteiger partial charge in [-0.2, -0.15) is 0 Å². The van der Waals surface area contributed by atoms with E-state index in [0.717, 1.165) is 27.6 Å². The van der Waals surface area contributed by atoms with E-state index in [-0.39, 0.29) is 5.92 Å². The number of rotatable bonds is 4. The van der Waals surface area contributed by atoms with Crippen molar-refractivity contribution < 1.29 is 0 Å². The van der Waals surface area contributed by atoms with Crippen molar-refractivity contribution in [3.63, 3.8) is 0 Å². The fraction of sp³-hybridized carbons (Fsp3) is 0.200. The van der Waals surface area contributed by atoms with Crippen LogP contribution in [0.4, 0.5) is 0 Å². The Bertz CT molecular complexity index is 552. The van der Waals surface area contributed by atoms with Gasteiger partial charge in [0.1, 0.15) is 0 Å². The monoisotopic (exact) mass is 313 g/mol. The van der Waals surface area contributed by atoms with Crippen molar-refractivity contribution in [1.82, 2.24) is 0 Å². The Kier molecular flexibility index (Phi) is 5.12. The van der Waals surface area contributed by atoms with E-state index in [4.69, 9.17) is 40.5 Å². The van der Waals surface area contributed by atoms with E-state index in [2.05, 4.69) is 0 Å². The first kappa shape index (κ1) is 14.7. The second kappa shape index (κ2) is 6.62. The third kappa shape index (κ3) is 3.87. The van der Waals surface area contributed by atoms with Crippen LogP contribution in [0.2, 0.25) is 15.1 Å². The minimum Gasteiger partial charge on any atom is -0.330 e. The average molecular weight is 315 g/mol. The molecule has 0 aliphatic rings. The van der Waals surface area contributed by atoms with Gasteiger partial charge in [-0.15, -0.1) is 0 Å². The lowest BCUT2D eigenvalue weighted by Gasteiger charge is -2.16. The summed E-state index contributed by atoms with van der Waals surface area (Å²) in [6.45, 7) is 0.546. The second-order valence-corrected chi connectivity index (χ2v) is 5.70. The molecule has 0 bridgehead atoms. The van der Waals surface area contributed by atoms with E-state index in [9.17, 15) is 0 Å². The van der Waals surface area contributed by atoms with Crippen LogP contribution in [0, 0.1) is 0 Å². The fourth-order valence-corrected chi connectivity index (χ4v) is 2.55. The zero-order valence-corrected chi connectivity index (χ0v) is 12.5. The molecule has 2 aromatic carbocycles. The second-order valence-electron chi connectivity index (χ2n) is 4.42. The van der Waals surface area contributed by atoms with Crippen LogP contribution in [0.25, 0.3) is 0 Å². The summed E-state index contributed by atoms with van der Waals surface area (Å²) in [5.41, 5.74) is 8.04. The average Bonchev–Trinajstić information content (AvgIpc) is 2.41. The van der Waals surface area contributed by atoms with Gasteiger partial charge < -0.3 is 5.73 Å². The van der Waals surface area contributed by atoms with Crippen molar-refractivity contribution in [1.29, 1.82) is 0 Å². The molecule has 2 N–H and O–H groups in total. The molecule has 0 heterocycles. The van der Waals surface area contributed by atoms with E-state index >= 15 is 0 Å². The molecule has 19 heavy (non-hydrogen) atoms. The van der Waals surface area contributed by atoms with E-state index in [1.165, 1.54) is 0 Å². The molecular weight excluding hydrogens is 301 g/mol. The third-order valence-electron chi connectivity index (χ3n) is 3.10. The largest absolute Gasteiger partial charge is 0.330 e. The van der Waals surface area contributed by atoms with Crippen molar-refractivity contribution in [3.05, 3.63) is 68.7 Å². The lowest BCUT2D eigenvalue weighted by atomic mass is 9.92. The zero-order valence-electron chi connectivity index (χ0n) is 10.2. The first-order chi connectivity index (χ1) is 9.10. The lowest BCUT2D eigenvalue weighted by Crippen LogP contribution is -2.15. The highest BCUT2D eigenvalue weighted by atomic mass is 35.5. The molecule has 1 unspecified atom stereocenters. The molecule has 1 nitrogen and oxygen atoms in total. The molecule has 0 radical (unpaired) electrons. The SMILES string of the molecule is NCC(Cc1cc(Cl)ccc1Cl)c1ccc(Cl)cc1. The van der Waals surface area contributed by atoms with E-state index in [1.807, 2.05) is 36.4 Å². The Hall–Kier alpha value is -0.730. The number of benzene rings is 2. The van der Waals surface area contributed by atoms with Crippen LogP contribution in [0.3, 0.4) is 0 Å². The first-order valence-corrected chi connectivity index (χ1v) is 7.13.